The largest absolute Gasteiger partial charge is 0.466 e. The van der Waals surface area contributed by atoms with E-state index in [-0.39, 0.29) is 5.97 Å². The molecule has 1 heterocycles. The number of hydrogen-bond acceptors (Lipinski definition) is 5. The molecular weight excluding hydrogens is 222 g/mol. The predicted octanol–water partition coefficient (Wildman–Crippen LogP) is -0.213. The van der Waals surface area contributed by atoms with E-state index in [1.165, 1.54) is 0 Å². The lowest BCUT2D eigenvalue weighted by atomic mass is 10.3. The van der Waals surface area contributed by atoms with Crippen molar-refractivity contribution < 1.29 is 14.6 Å². The van der Waals surface area contributed by atoms with Crippen molar-refractivity contribution in [1.29, 1.82) is 0 Å². The van der Waals surface area contributed by atoms with Crippen LogP contribution in [0, 0.1) is 0 Å². The molecule has 1 atom stereocenters. The molecule has 17 heavy (non-hydrogen) atoms. The fourth-order valence-electron chi connectivity index (χ4n) is 1.38. The van der Waals surface area contributed by atoms with Crippen LogP contribution in [0.25, 0.3) is 0 Å². The van der Waals surface area contributed by atoms with E-state index in [1.807, 2.05) is 0 Å². The van der Waals surface area contributed by atoms with Gasteiger partial charge in [-0.1, -0.05) is 0 Å². The number of aliphatic hydroxyl groups excluding tert-OH is 1. The number of rotatable bonds is 8. The zero-order valence-electron chi connectivity index (χ0n) is 10.0. The van der Waals surface area contributed by atoms with Gasteiger partial charge in [-0.2, -0.15) is 5.10 Å². The Hall–Kier alpha value is -1.40. The van der Waals surface area contributed by atoms with E-state index < -0.39 is 6.10 Å². The Bertz CT molecular complexity index is 314. The van der Waals surface area contributed by atoms with Gasteiger partial charge in [0.1, 0.15) is 0 Å². The molecule has 0 aliphatic carbocycles. The minimum absolute atomic E-state index is 0.221. The molecule has 0 saturated carbocycles. The van der Waals surface area contributed by atoms with Crippen LogP contribution in [0.1, 0.15) is 13.3 Å². The third kappa shape index (κ3) is 6.03. The molecule has 0 bridgehead atoms. The smallest absolute Gasteiger partial charge is 0.307 e. The monoisotopic (exact) mass is 241 g/mol. The summed E-state index contributed by atoms with van der Waals surface area (Å²) in [6, 6.07) is 1.81. The molecule has 0 aliphatic heterocycles. The number of carbonyl (C=O) groups excluding carboxylic acids is 1. The molecule has 1 unspecified atom stereocenters. The van der Waals surface area contributed by atoms with Crippen molar-refractivity contribution in [3.05, 3.63) is 18.5 Å². The minimum atomic E-state index is -0.517. The van der Waals surface area contributed by atoms with Gasteiger partial charge in [-0.15, -0.1) is 0 Å². The summed E-state index contributed by atoms with van der Waals surface area (Å²) in [5, 5.41) is 16.6. The molecule has 6 heteroatoms. The first-order chi connectivity index (χ1) is 8.22. The average Bonchev–Trinajstić information content (AvgIpc) is 2.77. The van der Waals surface area contributed by atoms with Crippen LogP contribution >= 0.6 is 0 Å². The number of aromatic nitrogens is 2. The average molecular weight is 241 g/mol. The third-order valence-electron chi connectivity index (χ3n) is 2.15. The second-order valence-corrected chi connectivity index (χ2v) is 3.64. The molecule has 0 fully saturated rings. The molecule has 0 spiro atoms. The van der Waals surface area contributed by atoms with Gasteiger partial charge in [-0.05, 0) is 13.0 Å². The van der Waals surface area contributed by atoms with E-state index in [9.17, 15) is 9.90 Å². The lowest BCUT2D eigenvalue weighted by Gasteiger charge is -2.11. The zero-order chi connectivity index (χ0) is 12.5. The van der Waals surface area contributed by atoms with Crippen molar-refractivity contribution in [2.75, 3.05) is 19.7 Å². The number of ether oxygens (including phenoxy) is 1. The molecule has 0 saturated heterocycles. The van der Waals surface area contributed by atoms with Crippen LogP contribution in [0.5, 0.6) is 0 Å². The van der Waals surface area contributed by atoms with Crippen LogP contribution in [0.3, 0.4) is 0 Å². The third-order valence-corrected chi connectivity index (χ3v) is 2.15. The van der Waals surface area contributed by atoms with Gasteiger partial charge in [0, 0.05) is 25.5 Å². The Balaban J connectivity index is 2.04. The number of hydrogen-bond donors (Lipinski definition) is 2. The van der Waals surface area contributed by atoms with Crippen LogP contribution in [0.2, 0.25) is 0 Å². The zero-order valence-corrected chi connectivity index (χ0v) is 10.0. The normalized spacial score (nSPS) is 12.4. The standard InChI is InChI=1S/C11H19N3O3/c1-2-17-11(16)4-6-12-8-10(15)9-14-7-3-5-13-14/h3,5,7,10,12,15H,2,4,6,8-9H2,1H3. The fourth-order valence-corrected chi connectivity index (χ4v) is 1.38. The van der Waals surface area contributed by atoms with Crippen molar-refractivity contribution in [2.45, 2.75) is 26.0 Å². The van der Waals surface area contributed by atoms with Gasteiger partial charge >= 0.3 is 5.97 Å². The maximum absolute atomic E-state index is 11.0. The highest BCUT2D eigenvalue weighted by atomic mass is 16.5. The quantitative estimate of drug-likeness (QED) is 0.486. The molecule has 96 valence electrons. The number of carbonyl (C=O) groups is 1. The van der Waals surface area contributed by atoms with Gasteiger partial charge in [-0.3, -0.25) is 9.48 Å². The van der Waals surface area contributed by atoms with Crippen LogP contribution in [-0.2, 0) is 16.1 Å². The number of nitrogens with zero attached hydrogens (tertiary/aromatic N) is 2. The highest BCUT2D eigenvalue weighted by Gasteiger charge is 2.06. The molecule has 1 aromatic heterocycles. The Kier molecular flexibility index (Phi) is 6.27. The Labute approximate surface area is 101 Å². The fraction of sp³-hybridized carbons (Fsp3) is 0.636. The van der Waals surface area contributed by atoms with Crippen LogP contribution in [0.4, 0.5) is 0 Å². The van der Waals surface area contributed by atoms with Crippen LogP contribution in [0.15, 0.2) is 18.5 Å². The predicted molar refractivity (Wildman–Crippen MR) is 62.4 cm³/mol. The summed E-state index contributed by atoms with van der Waals surface area (Å²) >= 11 is 0. The van der Waals surface area contributed by atoms with Crippen LogP contribution in [-0.4, -0.2) is 46.7 Å². The van der Waals surface area contributed by atoms with E-state index >= 15 is 0 Å². The molecule has 0 aromatic carbocycles. The molecular formula is C11H19N3O3. The highest BCUT2D eigenvalue weighted by Crippen LogP contribution is 1.90. The Morgan fingerprint density at radius 1 is 1.65 bits per heavy atom. The summed E-state index contributed by atoms with van der Waals surface area (Å²) in [5.41, 5.74) is 0. The number of esters is 1. The van der Waals surface area contributed by atoms with Gasteiger partial charge in [0.05, 0.1) is 25.7 Å². The van der Waals surface area contributed by atoms with Gasteiger partial charge < -0.3 is 15.2 Å². The van der Waals surface area contributed by atoms with Crippen molar-refractivity contribution in [3.63, 3.8) is 0 Å². The summed E-state index contributed by atoms with van der Waals surface area (Å²) in [6.45, 7) is 3.56. The van der Waals surface area contributed by atoms with Gasteiger partial charge in [0.15, 0.2) is 0 Å². The van der Waals surface area contributed by atoms with Crippen molar-refractivity contribution in [3.8, 4) is 0 Å². The van der Waals surface area contributed by atoms with Crippen molar-refractivity contribution in [1.82, 2.24) is 15.1 Å². The maximum Gasteiger partial charge on any atom is 0.307 e. The maximum atomic E-state index is 11.0. The second kappa shape index (κ2) is 7.81. The first-order valence-electron chi connectivity index (χ1n) is 5.74. The van der Waals surface area contributed by atoms with E-state index in [1.54, 1.807) is 30.1 Å². The highest BCUT2D eigenvalue weighted by molar-refractivity contribution is 5.69. The number of nitrogens with one attached hydrogen (secondary N) is 1. The van der Waals surface area contributed by atoms with E-state index in [0.717, 1.165) is 0 Å². The SMILES string of the molecule is CCOC(=O)CCNCC(O)Cn1cccn1. The lowest BCUT2D eigenvalue weighted by molar-refractivity contribution is -0.143. The first-order valence-corrected chi connectivity index (χ1v) is 5.74. The molecule has 6 nitrogen and oxygen atoms in total. The summed E-state index contributed by atoms with van der Waals surface area (Å²) in [6.07, 6.45) is 3.27. The molecule has 0 radical (unpaired) electrons. The summed E-state index contributed by atoms with van der Waals surface area (Å²) < 4.78 is 6.44. The van der Waals surface area contributed by atoms with Crippen molar-refractivity contribution >= 4 is 5.97 Å². The Morgan fingerprint density at radius 2 is 2.47 bits per heavy atom. The van der Waals surface area contributed by atoms with Crippen molar-refractivity contribution in [2.24, 2.45) is 0 Å². The van der Waals surface area contributed by atoms with Gasteiger partial charge in [0.25, 0.3) is 0 Å². The molecule has 2 N–H and O–H groups in total. The van der Waals surface area contributed by atoms with Crippen LogP contribution < -0.4 is 5.32 Å². The van der Waals surface area contributed by atoms with E-state index in [0.29, 0.717) is 32.7 Å². The summed E-state index contributed by atoms with van der Waals surface area (Å²) in [5.74, 6) is -0.221. The lowest BCUT2D eigenvalue weighted by Crippen LogP contribution is -2.31. The molecule has 0 aliphatic rings. The first kappa shape index (κ1) is 13.7. The Morgan fingerprint density at radius 3 is 3.12 bits per heavy atom. The van der Waals surface area contributed by atoms with Gasteiger partial charge in [0.2, 0.25) is 0 Å². The number of aliphatic hydroxyl groups is 1. The second-order valence-electron chi connectivity index (χ2n) is 3.64. The molecule has 0 amide bonds. The van der Waals surface area contributed by atoms with E-state index in [4.69, 9.17) is 4.74 Å². The molecule has 1 aromatic rings. The minimum Gasteiger partial charge on any atom is -0.466 e. The van der Waals surface area contributed by atoms with Gasteiger partial charge in [-0.25, -0.2) is 0 Å². The topological polar surface area (TPSA) is 76.4 Å². The summed E-state index contributed by atoms with van der Waals surface area (Å²) in [4.78, 5) is 11.0. The summed E-state index contributed by atoms with van der Waals surface area (Å²) in [7, 11) is 0. The van der Waals surface area contributed by atoms with E-state index in [2.05, 4.69) is 10.4 Å². The molecule has 1 rings (SSSR count).